The molecule has 92 valence electrons. The van der Waals surface area contributed by atoms with Gasteiger partial charge in [-0.15, -0.1) is 0 Å². The molecular formula is C10H18FN3O2. The van der Waals surface area contributed by atoms with Crippen molar-refractivity contribution in [2.24, 2.45) is 5.73 Å². The van der Waals surface area contributed by atoms with Gasteiger partial charge in [0.15, 0.2) is 0 Å². The maximum absolute atomic E-state index is 13.2. The van der Waals surface area contributed by atoms with Gasteiger partial charge in [0.2, 0.25) is 0 Å². The van der Waals surface area contributed by atoms with Gasteiger partial charge >= 0.3 is 5.97 Å². The van der Waals surface area contributed by atoms with Crippen molar-refractivity contribution in [3.63, 3.8) is 0 Å². The minimum Gasteiger partial charge on any atom is -0.480 e. The summed E-state index contributed by atoms with van der Waals surface area (Å²) < 4.78 is 13.2. The van der Waals surface area contributed by atoms with Crippen molar-refractivity contribution in [3.05, 3.63) is 11.9 Å². The molecule has 6 heteroatoms. The quantitative estimate of drug-likeness (QED) is 0.364. The van der Waals surface area contributed by atoms with Crippen molar-refractivity contribution in [1.29, 1.82) is 5.41 Å². The zero-order valence-corrected chi connectivity index (χ0v) is 9.29. The molecule has 0 aliphatic rings. The summed E-state index contributed by atoms with van der Waals surface area (Å²) in [7, 11) is 0. The predicted molar refractivity (Wildman–Crippen MR) is 60.3 cm³/mol. The molecule has 5 N–H and O–H groups in total. The molecule has 16 heavy (non-hydrogen) atoms. The number of nitrogens with one attached hydrogen (secondary N) is 2. The number of hydrogen-bond donors (Lipinski definition) is 4. The molecule has 0 aliphatic carbocycles. The SMILES string of the molecule is C[C@](N)(C/C(F)=C\CCNCC=N)C(=O)O. The molecule has 0 rings (SSSR count). The molecule has 0 aliphatic heterocycles. The number of hydrogen-bond acceptors (Lipinski definition) is 4. The highest BCUT2D eigenvalue weighted by Gasteiger charge is 2.29. The molecule has 5 nitrogen and oxygen atoms in total. The maximum atomic E-state index is 13.2. The standard InChI is InChI=1S/C10H18FN3O2/c1-10(13,9(15)16)7-8(11)3-2-5-14-6-4-12/h3-4,12,14H,2,5-7,13H2,1H3,(H,15,16)/b8-3+,12-4?/t10-/m0/s1. The van der Waals surface area contributed by atoms with Gasteiger partial charge in [0.25, 0.3) is 0 Å². The highest BCUT2D eigenvalue weighted by atomic mass is 19.1. The molecule has 0 spiro atoms. The van der Waals surface area contributed by atoms with Gasteiger partial charge in [-0.2, -0.15) is 0 Å². The Labute approximate surface area is 94.0 Å². The summed E-state index contributed by atoms with van der Waals surface area (Å²) in [5.41, 5.74) is 3.82. The molecule has 0 unspecified atom stereocenters. The van der Waals surface area contributed by atoms with Crippen molar-refractivity contribution < 1.29 is 14.3 Å². The number of aliphatic carboxylic acids is 1. The Hall–Kier alpha value is -1.27. The van der Waals surface area contributed by atoms with Crippen molar-refractivity contribution in [1.82, 2.24) is 5.32 Å². The van der Waals surface area contributed by atoms with Gasteiger partial charge in [-0.3, -0.25) is 4.79 Å². The Bertz CT molecular complexity index is 277. The molecule has 0 heterocycles. The first-order valence-electron chi connectivity index (χ1n) is 4.96. The minimum atomic E-state index is -1.57. The number of halogens is 1. The van der Waals surface area contributed by atoms with Crippen molar-refractivity contribution in [2.75, 3.05) is 13.1 Å². The summed E-state index contributed by atoms with van der Waals surface area (Å²) in [6.45, 7) is 2.26. The summed E-state index contributed by atoms with van der Waals surface area (Å²) >= 11 is 0. The highest BCUT2D eigenvalue weighted by Crippen LogP contribution is 2.15. The van der Waals surface area contributed by atoms with Gasteiger partial charge in [0.1, 0.15) is 5.54 Å². The van der Waals surface area contributed by atoms with E-state index in [0.29, 0.717) is 19.5 Å². The van der Waals surface area contributed by atoms with Crippen LogP contribution in [0.15, 0.2) is 11.9 Å². The summed E-state index contributed by atoms with van der Waals surface area (Å²) in [4.78, 5) is 10.6. The van der Waals surface area contributed by atoms with Crippen LogP contribution < -0.4 is 11.1 Å². The first-order chi connectivity index (χ1) is 7.40. The van der Waals surface area contributed by atoms with Gasteiger partial charge in [-0.25, -0.2) is 4.39 Å². The highest BCUT2D eigenvalue weighted by molar-refractivity contribution is 5.78. The number of carbonyl (C=O) groups is 1. The average Bonchev–Trinajstić information content (AvgIpc) is 2.16. The van der Waals surface area contributed by atoms with Gasteiger partial charge in [0.05, 0.1) is 5.83 Å². The number of rotatable bonds is 8. The van der Waals surface area contributed by atoms with Crippen LogP contribution in [0.2, 0.25) is 0 Å². The van der Waals surface area contributed by atoms with Crippen molar-refractivity contribution in [3.8, 4) is 0 Å². The summed E-state index contributed by atoms with van der Waals surface area (Å²) in [6.07, 6.45) is 2.65. The van der Waals surface area contributed by atoms with Gasteiger partial charge < -0.3 is 21.6 Å². The van der Waals surface area contributed by atoms with Crippen molar-refractivity contribution >= 4 is 12.2 Å². The van der Waals surface area contributed by atoms with E-state index in [9.17, 15) is 9.18 Å². The van der Waals surface area contributed by atoms with Crippen LogP contribution in [0.1, 0.15) is 19.8 Å². The monoisotopic (exact) mass is 231 g/mol. The fourth-order valence-electron chi connectivity index (χ4n) is 1.00. The normalized spacial score (nSPS) is 15.6. The molecule has 0 radical (unpaired) electrons. The van der Waals surface area contributed by atoms with E-state index in [2.05, 4.69) is 5.32 Å². The minimum absolute atomic E-state index is 0.313. The molecule has 0 aromatic rings. The van der Waals surface area contributed by atoms with Crippen LogP contribution in [0.3, 0.4) is 0 Å². The zero-order chi connectivity index (χ0) is 12.6. The lowest BCUT2D eigenvalue weighted by molar-refractivity contribution is -0.142. The smallest absolute Gasteiger partial charge is 0.323 e. The number of carboxylic acid groups (broad SMARTS) is 1. The van der Waals surface area contributed by atoms with Gasteiger partial charge in [-0.1, -0.05) is 6.08 Å². The van der Waals surface area contributed by atoms with Crippen LogP contribution in [0, 0.1) is 5.41 Å². The number of nitrogens with two attached hydrogens (primary N) is 1. The fraction of sp³-hybridized carbons (Fsp3) is 0.600. The second-order valence-corrected chi connectivity index (χ2v) is 3.75. The maximum Gasteiger partial charge on any atom is 0.323 e. The fourth-order valence-corrected chi connectivity index (χ4v) is 1.00. The van der Waals surface area contributed by atoms with Crippen LogP contribution in [0.4, 0.5) is 4.39 Å². The van der Waals surface area contributed by atoms with E-state index in [0.717, 1.165) is 0 Å². The van der Waals surface area contributed by atoms with Crippen LogP contribution in [-0.2, 0) is 4.79 Å². The third-order valence-corrected chi connectivity index (χ3v) is 1.96. The lowest BCUT2D eigenvalue weighted by atomic mass is 9.98. The van der Waals surface area contributed by atoms with Crippen molar-refractivity contribution in [2.45, 2.75) is 25.3 Å². The van der Waals surface area contributed by atoms with Gasteiger partial charge in [0, 0.05) is 19.2 Å². The topological polar surface area (TPSA) is 99.2 Å². The third kappa shape index (κ3) is 6.26. The Morgan fingerprint density at radius 2 is 2.31 bits per heavy atom. The third-order valence-electron chi connectivity index (χ3n) is 1.96. The first kappa shape index (κ1) is 14.7. The van der Waals surface area contributed by atoms with Crippen LogP contribution in [0.5, 0.6) is 0 Å². The average molecular weight is 231 g/mol. The summed E-state index contributed by atoms with van der Waals surface area (Å²) in [6, 6.07) is 0. The molecule has 0 aromatic heterocycles. The Morgan fingerprint density at radius 3 is 2.81 bits per heavy atom. The number of carboxylic acids is 1. The first-order valence-corrected chi connectivity index (χ1v) is 4.96. The lowest BCUT2D eigenvalue weighted by Crippen LogP contribution is -2.44. The second-order valence-electron chi connectivity index (χ2n) is 3.75. The Kier molecular flexibility index (Phi) is 6.52. The molecule has 0 saturated carbocycles. The molecule has 0 amide bonds. The summed E-state index contributed by atoms with van der Waals surface area (Å²) in [5, 5.41) is 18.3. The lowest BCUT2D eigenvalue weighted by Gasteiger charge is -2.17. The molecular weight excluding hydrogens is 213 g/mol. The molecule has 1 atom stereocenters. The van der Waals surface area contributed by atoms with E-state index in [4.69, 9.17) is 16.2 Å². The predicted octanol–water partition coefficient (Wildman–Crippen LogP) is 0.661. The van der Waals surface area contributed by atoms with E-state index in [1.54, 1.807) is 0 Å². The zero-order valence-electron chi connectivity index (χ0n) is 9.29. The Morgan fingerprint density at radius 1 is 1.69 bits per heavy atom. The van der Waals surface area contributed by atoms with E-state index < -0.39 is 17.3 Å². The van der Waals surface area contributed by atoms with Crippen LogP contribution >= 0.6 is 0 Å². The van der Waals surface area contributed by atoms with Crippen LogP contribution in [0.25, 0.3) is 0 Å². The van der Waals surface area contributed by atoms with E-state index >= 15 is 0 Å². The second kappa shape index (κ2) is 7.08. The van der Waals surface area contributed by atoms with Gasteiger partial charge in [-0.05, 0) is 19.9 Å². The molecule has 0 saturated heterocycles. The van der Waals surface area contributed by atoms with E-state index in [-0.39, 0.29) is 6.42 Å². The molecule has 0 aromatic carbocycles. The van der Waals surface area contributed by atoms with Crippen LogP contribution in [-0.4, -0.2) is 35.9 Å². The molecule has 0 fully saturated rings. The Balaban J connectivity index is 3.95. The van der Waals surface area contributed by atoms with E-state index in [1.807, 2.05) is 0 Å². The molecule has 0 bridgehead atoms. The largest absolute Gasteiger partial charge is 0.480 e. The van der Waals surface area contributed by atoms with E-state index in [1.165, 1.54) is 19.2 Å². The summed E-state index contributed by atoms with van der Waals surface area (Å²) in [5.74, 6) is -1.75.